The number of carbonyl (C=O) groups excluding carboxylic acids is 1. The molecule has 1 fully saturated rings. The molecule has 2 N–H and O–H groups in total. The van der Waals surface area contributed by atoms with Crippen LogP contribution in [0.15, 0.2) is 54.6 Å². The minimum Gasteiger partial charge on any atom is -0.497 e. The van der Waals surface area contributed by atoms with Gasteiger partial charge in [-0.1, -0.05) is 30.3 Å². The Morgan fingerprint density at radius 3 is 2.40 bits per heavy atom. The lowest BCUT2D eigenvalue weighted by atomic mass is 10.1. The van der Waals surface area contributed by atoms with E-state index in [1.165, 1.54) is 0 Å². The maximum atomic E-state index is 12.5. The molecule has 0 radical (unpaired) electrons. The van der Waals surface area contributed by atoms with E-state index in [0.29, 0.717) is 19.2 Å². The third-order valence-electron chi connectivity index (χ3n) is 4.10. The standard InChI is InChI=1S/C20H24N2O3/c1-24-17-9-11-18(12-10-17)25-14-13-21-19(15-5-3-2-4-6-15)20(23)22-16-7-8-16/h2-6,9-12,16,19,21H,7-8,13-14H2,1H3,(H,22,23). The summed E-state index contributed by atoms with van der Waals surface area (Å²) in [7, 11) is 1.64. The van der Waals surface area contributed by atoms with Gasteiger partial charge in [0.05, 0.1) is 7.11 Å². The number of carbonyl (C=O) groups is 1. The van der Waals surface area contributed by atoms with Crippen molar-refractivity contribution in [2.24, 2.45) is 0 Å². The second-order valence-electron chi connectivity index (χ2n) is 6.10. The fourth-order valence-corrected chi connectivity index (χ4v) is 2.56. The van der Waals surface area contributed by atoms with Crippen molar-refractivity contribution < 1.29 is 14.3 Å². The van der Waals surface area contributed by atoms with Gasteiger partial charge in [0.25, 0.3) is 0 Å². The van der Waals surface area contributed by atoms with Crippen LogP contribution in [0.4, 0.5) is 0 Å². The molecule has 2 aromatic carbocycles. The molecule has 0 bridgehead atoms. The Bertz CT molecular complexity index is 669. The second-order valence-corrected chi connectivity index (χ2v) is 6.10. The monoisotopic (exact) mass is 340 g/mol. The third kappa shape index (κ3) is 5.22. The summed E-state index contributed by atoms with van der Waals surface area (Å²) >= 11 is 0. The number of hydrogen-bond acceptors (Lipinski definition) is 4. The Hall–Kier alpha value is -2.53. The lowest BCUT2D eigenvalue weighted by Crippen LogP contribution is -2.40. The Morgan fingerprint density at radius 1 is 1.08 bits per heavy atom. The van der Waals surface area contributed by atoms with Crippen molar-refractivity contribution in [2.45, 2.75) is 24.9 Å². The van der Waals surface area contributed by atoms with E-state index in [0.717, 1.165) is 29.9 Å². The minimum absolute atomic E-state index is 0.0261. The van der Waals surface area contributed by atoms with Gasteiger partial charge in [-0.05, 0) is 42.7 Å². The van der Waals surface area contributed by atoms with E-state index in [1.54, 1.807) is 7.11 Å². The fourth-order valence-electron chi connectivity index (χ4n) is 2.56. The number of ether oxygens (including phenoxy) is 2. The van der Waals surface area contributed by atoms with Crippen LogP contribution in [0.25, 0.3) is 0 Å². The van der Waals surface area contributed by atoms with E-state index in [-0.39, 0.29) is 11.9 Å². The average molecular weight is 340 g/mol. The molecule has 1 amide bonds. The highest BCUT2D eigenvalue weighted by Gasteiger charge is 2.28. The van der Waals surface area contributed by atoms with Gasteiger partial charge in [-0.15, -0.1) is 0 Å². The van der Waals surface area contributed by atoms with Crippen LogP contribution in [-0.4, -0.2) is 32.2 Å². The predicted molar refractivity (Wildman–Crippen MR) is 96.8 cm³/mol. The zero-order chi connectivity index (χ0) is 17.5. The van der Waals surface area contributed by atoms with Crippen LogP contribution in [0.2, 0.25) is 0 Å². The Kier molecular flexibility index (Phi) is 5.90. The van der Waals surface area contributed by atoms with E-state index in [4.69, 9.17) is 9.47 Å². The Morgan fingerprint density at radius 2 is 1.76 bits per heavy atom. The van der Waals surface area contributed by atoms with E-state index in [9.17, 15) is 4.79 Å². The first-order valence-electron chi connectivity index (χ1n) is 8.62. The molecule has 5 heteroatoms. The Labute approximate surface area is 148 Å². The molecule has 1 aliphatic rings. The number of hydrogen-bond donors (Lipinski definition) is 2. The van der Waals surface area contributed by atoms with Gasteiger partial charge in [0.2, 0.25) is 5.91 Å². The molecule has 1 aliphatic carbocycles. The lowest BCUT2D eigenvalue weighted by Gasteiger charge is -2.19. The van der Waals surface area contributed by atoms with Gasteiger partial charge in [-0.25, -0.2) is 0 Å². The highest BCUT2D eigenvalue weighted by atomic mass is 16.5. The van der Waals surface area contributed by atoms with Gasteiger partial charge >= 0.3 is 0 Å². The maximum Gasteiger partial charge on any atom is 0.241 e. The molecule has 0 saturated heterocycles. The van der Waals surface area contributed by atoms with Crippen molar-refractivity contribution in [3.8, 4) is 11.5 Å². The molecular weight excluding hydrogens is 316 g/mol. The number of methoxy groups -OCH3 is 1. The molecule has 25 heavy (non-hydrogen) atoms. The summed E-state index contributed by atoms with van der Waals surface area (Å²) < 4.78 is 10.8. The van der Waals surface area contributed by atoms with Gasteiger partial charge in [0, 0.05) is 12.6 Å². The molecule has 0 spiro atoms. The zero-order valence-corrected chi connectivity index (χ0v) is 14.4. The molecule has 1 atom stereocenters. The predicted octanol–water partition coefficient (Wildman–Crippen LogP) is 2.68. The number of benzene rings is 2. The van der Waals surface area contributed by atoms with Crippen LogP contribution in [-0.2, 0) is 4.79 Å². The smallest absolute Gasteiger partial charge is 0.241 e. The first-order valence-corrected chi connectivity index (χ1v) is 8.62. The molecule has 3 rings (SSSR count). The topological polar surface area (TPSA) is 59.6 Å². The molecule has 0 heterocycles. The summed E-state index contributed by atoms with van der Waals surface area (Å²) in [4.78, 5) is 12.5. The van der Waals surface area contributed by atoms with Crippen LogP contribution in [0, 0.1) is 0 Å². The van der Waals surface area contributed by atoms with Crippen molar-refractivity contribution in [2.75, 3.05) is 20.3 Å². The van der Waals surface area contributed by atoms with Crippen molar-refractivity contribution in [3.05, 3.63) is 60.2 Å². The van der Waals surface area contributed by atoms with Crippen LogP contribution >= 0.6 is 0 Å². The highest BCUT2D eigenvalue weighted by Crippen LogP contribution is 2.21. The van der Waals surface area contributed by atoms with Crippen molar-refractivity contribution >= 4 is 5.91 Å². The number of nitrogens with one attached hydrogen (secondary N) is 2. The van der Waals surface area contributed by atoms with Crippen LogP contribution < -0.4 is 20.1 Å². The van der Waals surface area contributed by atoms with Crippen molar-refractivity contribution in [3.63, 3.8) is 0 Å². The van der Waals surface area contributed by atoms with E-state index in [1.807, 2.05) is 54.6 Å². The molecule has 132 valence electrons. The summed E-state index contributed by atoms with van der Waals surface area (Å²) in [5.74, 6) is 1.60. The SMILES string of the molecule is COc1ccc(OCCNC(C(=O)NC2CC2)c2ccccc2)cc1. The minimum atomic E-state index is -0.360. The highest BCUT2D eigenvalue weighted by molar-refractivity contribution is 5.83. The van der Waals surface area contributed by atoms with E-state index in [2.05, 4.69) is 10.6 Å². The largest absolute Gasteiger partial charge is 0.497 e. The normalized spacial score (nSPS) is 14.6. The molecule has 2 aromatic rings. The first kappa shape index (κ1) is 17.3. The number of amides is 1. The zero-order valence-electron chi connectivity index (χ0n) is 14.4. The van der Waals surface area contributed by atoms with Gasteiger partial charge in [-0.3, -0.25) is 10.1 Å². The molecule has 1 unspecified atom stereocenters. The first-order chi connectivity index (χ1) is 12.3. The van der Waals surface area contributed by atoms with Gasteiger partial charge < -0.3 is 14.8 Å². The summed E-state index contributed by atoms with van der Waals surface area (Å²) in [6.45, 7) is 1.05. The molecule has 0 aliphatic heterocycles. The van der Waals surface area contributed by atoms with E-state index >= 15 is 0 Å². The Balaban J connectivity index is 1.52. The van der Waals surface area contributed by atoms with Gasteiger partial charge in [0.1, 0.15) is 24.1 Å². The molecule has 1 saturated carbocycles. The lowest BCUT2D eigenvalue weighted by molar-refractivity contribution is -0.123. The van der Waals surface area contributed by atoms with Crippen LogP contribution in [0.1, 0.15) is 24.4 Å². The summed E-state index contributed by atoms with van der Waals surface area (Å²) in [5.41, 5.74) is 0.963. The second kappa shape index (κ2) is 8.53. The quantitative estimate of drug-likeness (QED) is 0.689. The van der Waals surface area contributed by atoms with Crippen LogP contribution in [0.5, 0.6) is 11.5 Å². The molecule has 0 aromatic heterocycles. The average Bonchev–Trinajstić information content (AvgIpc) is 3.47. The summed E-state index contributed by atoms with van der Waals surface area (Å²) in [6, 6.07) is 17.2. The molecular formula is C20H24N2O3. The van der Waals surface area contributed by atoms with Gasteiger partial charge in [-0.2, -0.15) is 0 Å². The summed E-state index contributed by atoms with van der Waals surface area (Å²) in [6.07, 6.45) is 2.15. The third-order valence-corrected chi connectivity index (χ3v) is 4.10. The fraction of sp³-hybridized carbons (Fsp3) is 0.350. The summed E-state index contributed by atoms with van der Waals surface area (Å²) in [5, 5.41) is 6.37. The molecule has 5 nitrogen and oxygen atoms in total. The number of rotatable bonds is 9. The van der Waals surface area contributed by atoms with E-state index < -0.39 is 0 Å². The van der Waals surface area contributed by atoms with Crippen LogP contribution in [0.3, 0.4) is 0 Å². The van der Waals surface area contributed by atoms with Crippen molar-refractivity contribution in [1.82, 2.24) is 10.6 Å². The maximum absolute atomic E-state index is 12.5. The van der Waals surface area contributed by atoms with Gasteiger partial charge in [0.15, 0.2) is 0 Å². The van der Waals surface area contributed by atoms with Crippen molar-refractivity contribution in [1.29, 1.82) is 0 Å².